The van der Waals surface area contributed by atoms with Crippen molar-refractivity contribution in [1.29, 1.82) is 0 Å². The van der Waals surface area contributed by atoms with Crippen molar-refractivity contribution in [3.63, 3.8) is 0 Å². The monoisotopic (exact) mass is 412 g/mol. The maximum atomic E-state index is 5.49. The number of rotatable bonds is 4. The van der Waals surface area contributed by atoms with E-state index in [1.807, 2.05) is 6.07 Å². The Morgan fingerprint density at radius 3 is 2.81 bits per heavy atom. The van der Waals surface area contributed by atoms with Crippen molar-refractivity contribution in [3.8, 4) is 0 Å². The molecule has 3 aromatic rings. The van der Waals surface area contributed by atoms with Crippen LogP contribution in [0.2, 0.25) is 0 Å². The summed E-state index contributed by atoms with van der Waals surface area (Å²) in [7, 11) is 0. The minimum absolute atomic E-state index is 0.708. The average Bonchev–Trinajstić information content (AvgIpc) is 2.67. The van der Waals surface area contributed by atoms with Gasteiger partial charge in [-0.1, -0.05) is 33.6 Å². The predicted octanol–water partition coefficient (Wildman–Crippen LogP) is 4.15. The molecule has 134 valence electrons. The summed E-state index contributed by atoms with van der Waals surface area (Å²) in [5, 5.41) is 4.56. The largest absolute Gasteiger partial charge is 0.378 e. The first-order valence-corrected chi connectivity index (χ1v) is 9.56. The van der Waals surface area contributed by atoms with Crippen LogP contribution in [0.1, 0.15) is 11.1 Å². The molecule has 26 heavy (non-hydrogen) atoms. The minimum atomic E-state index is 0.708. The van der Waals surface area contributed by atoms with Gasteiger partial charge >= 0.3 is 0 Å². The van der Waals surface area contributed by atoms with Gasteiger partial charge in [0.25, 0.3) is 0 Å². The number of aromatic nitrogens is 2. The van der Waals surface area contributed by atoms with Crippen LogP contribution in [0, 0.1) is 6.92 Å². The first-order chi connectivity index (χ1) is 12.7. The Morgan fingerprint density at radius 1 is 1.12 bits per heavy atom. The molecule has 0 spiro atoms. The number of anilines is 2. The summed E-state index contributed by atoms with van der Waals surface area (Å²) in [4.78, 5) is 11.2. The highest BCUT2D eigenvalue weighted by Crippen LogP contribution is 2.28. The molecule has 1 fully saturated rings. The van der Waals surface area contributed by atoms with Gasteiger partial charge in [-0.3, -0.25) is 0 Å². The number of halogens is 1. The van der Waals surface area contributed by atoms with Crippen LogP contribution in [-0.2, 0) is 11.3 Å². The molecule has 1 aromatic heterocycles. The molecule has 5 nitrogen and oxygen atoms in total. The number of aryl methyl sites for hydroxylation is 1. The Labute approximate surface area is 161 Å². The van der Waals surface area contributed by atoms with E-state index in [9.17, 15) is 0 Å². The lowest BCUT2D eigenvalue weighted by Crippen LogP contribution is -2.36. The van der Waals surface area contributed by atoms with E-state index in [1.165, 1.54) is 16.8 Å². The van der Waals surface area contributed by atoms with Gasteiger partial charge in [0.2, 0.25) is 0 Å². The molecule has 1 saturated heterocycles. The summed E-state index contributed by atoms with van der Waals surface area (Å²) in [6.07, 6.45) is 1.62. The highest BCUT2D eigenvalue weighted by molar-refractivity contribution is 9.10. The van der Waals surface area contributed by atoms with Crippen LogP contribution in [0.15, 0.2) is 47.2 Å². The van der Waals surface area contributed by atoms with Crippen molar-refractivity contribution in [1.82, 2.24) is 9.97 Å². The van der Waals surface area contributed by atoms with E-state index in [0.717, 1.165) is 47.5 Å². The molecule has 0 atom stereocenters. The van der Waals surface area contributed by atoms with Gasteiger partial charge < -0.3 is 15.0 Å². The van der Waals surface area contributed by atoms with Crippen molar-refractivity contribution in [2.75, 3.05) is 36.5 Å². The van der Waals surface area contributed by atoms with Gasteiger partial charge in [0.1, 0.15) is 12.1 Å². The number of fused-ring (bicyclic) bond motifs is 1. The predicted molar refractivity (Wildman–Crippen MR) is 109 cm³/mol. The Morgan fingerprint density at radius 2 is 1.96 bits per heavy atom. The third kappa shape index (κ3) is 3.66. The van der Waals surface area contributed by atoms with Gasteiger partial charge in [0, 0.05) is 35.2 Å². The molecule has 6 heteroatoms. The molecule has 1 N–H and O–H groups in total. The number of benzene rings is 2. The summed E-state index contributed by atoms with van der Waals surface area (Å²) >= 11 is 3.60. The van der Waals surface area contributed by atoms with Gasteiger partial charge in [-0.15, -0.1) is 0 Å². The Balaban J connectivity index is 1.61. The van der Waals surface area contributed by atoms with E-state index in [0.29, 0.717) is 6.54 Å². The van der Waals surface area contributed by atoms with Crippen LogP contribution in [-0.4, -0.2) is 36.3 Å². The molecule has 4 rings (SSSR count). The van der Waals surface area contributed by atoms with Crippen LogP contribution in [0.25, 0.3) is 10.9 Å². The zero-order valence-corrected chi connectivity index (χ0v) is 16.3. The molecule has 2 aromatic carbocycles. The SMILES string of the molecule is Cc1ccc2ncnc(NCc3ccc(Br)cc3N3CCOCC3)c2c1. The van der Waals surface area contributed by atoms with E-state index in [2.05, 4.69) is 73.4 Å². The number of ether oxygens (including phenoxy) is 1. The van der Waals surface area contributed by atoms with Crippen molar-refractivity contribution in [3.05, 3.63) is 58.3 Å². The van der Waals surface area contributed by atoms with Crippen molar-refractivity contribution in [2.45, 2.75) is 13.5 Å². The topological polar surface area (TPSA) is 50.3 Å². The van der Waals surface area contributed by atoms with Crippen LogP contribution in [0.4, 0.5) is 11.5 Å². The quantitative estimate of drug-likeness (QED) is 0.697. The Hall–Kier alpha value is -2.18. The van der Waals surface area contributed by atoms with E-state index in [1.54, 1.807) is 6.33 Å². The van der Waals surface area contributed by atoms with Crippen molar-refractivity contribution < 1.29 is 4.74 Å². The smallest absolute Gasteiger partial charge is 0.137 e. The van der Waals surface area contributed by atoms with Gasteiger partial charge in [-0.2, -0.15) is 0 Å². The zero-order valence-electron chi connectivity index (χ0n) is 14.7. The zero-order chi connectivity index (χ0) is 17.9. The first-order valence-electron chi connectivity index (χ1n) is 8.77. The summed E-state index contributed by atoms with van der Waals surface area (Å²) in [5.74, 6) is 0.870. The molecule has 0 radical (unpaired) electrons. The number of hydrogen-bond acceptors (Lipinski definition) is 5. The van der Waals surface area contributed by atoms with Crippen LogP contribution in [0.5, 0.6) is 0 Å². The fourth-order valence-electron chi connectivity index (χ4n) is 3.28. The molecule has 1 aliphatic heterocycles. The lowest BCUT2D eigenvalue weighted by Gasteiger charge is -2.31. The second-order valence-electron chi connectivity index (χ2n) is 6.47. The standard InChI is InChI=1S/C20H21BrN4O/c1-14-2-5-18-17(10-14)20(24-13-23-18)22-12-15-3-4-16(21)11-19(15)25-6-8-26-9-7-25/h2-5,10-11,13H,6-9,12H2,1H3,(H,22,23,24). The summed E-state index contributed by atoms with van der Waals surface area (Å²) in [6, 6.07) is 12.7. The first kappa shape index (κ1) is 17.2. The third-order valence-electron chi connectivity index (χ3n) is 4.64. The molecule has 1 aliphatic rings. The Kier molecular flexibility index (Phi) is 5.04. The fourth-order valence-corrected chi connectivity index (χ4v) is 3.62. The summed E-state index contributed by atoms with van der Waals surface area (Å²) in [6.45, 7) is 6.17. The fraction of sp³-hybridized carbons (Fsp3) is 0.300. The molecule has 0 bridgehead atoms. The number of nitrogens with one attached hydrogen (secondary N) is 1. The molecular formula is C20H21BrN4O. The number of nitrogens with zero attached hydrogens (tertiary/aromatic N) is 3. The van der Waals surface area contributed by atoms with Gasteiger partial charge in [-0.05, 0) is 36.8 Å². The van der Waals surface area contributed by atoms with E-state index >= 15 is 0 Å². The lowest BCUT2D eigenvalue weighted by molar-refractivity contribution is 0.122. The Bertz CT molecular complexity index is 925. The van der Waals surface area contributed by atoms with Crippen molar-refractivity contribution >= 4 is 38.3 Å². The second kappa shape index (κ2) is 7.60. The lowest BCUT2D eigenvalue weighted by atomic mass is 10.1. The summed E-state index contributed by atoms with van der Waals surface area (Å²) < 4.78 is 6.58. The molecule has 0 aliphatic carbocycles. The maximum absolute atomic E-state index is 5.49. The highest BCUT2D eigenvalue weighted by Gasteiger charge is 2.15. The van der Waals surface area contributed by atoms with Gasteiger partial charge in [0.05, 0.1) is 18.7 Å². The number of hydrogen-bond donors (Lipinski definition) is 1. The second-order valence-corrected chi connectivity index (χ2v) is 7.38. The van der Waals surface area contributed by atoms with Crippen LogP contribution < -0.4 is 10.2 Å². The van der Waals surface area contributed by atoms with E-state index < -0.39 is 0 Å². The minimum Gasteiger partial charge on any atom is -0.378 e. The molecular weight excluding hydrogens is 392 g/mol. The number of morpholine rings is 1. The molecule has 0 saturated carbocycles. The van der Waals surface area contributed by atoms with Crippen LogP contribution >= 0.6 is 15.9 Å². The van der Waals surface area contributed by atoms with Crippen molar-refractivity contribution in [2.24, 2.45) is 0 Å². The van der Waals surface area contributed by atoms with E-state index in [-0.39, 0.29) is 0 Å². The molecule has 2 heterocycles. The molecule has 0 amide bonds. The van der Waals surface area contributed by atoms with E-state index in [4.69, 9.17) is 4.74 Å². The third-order valence-corrected chi connectivity index (χ3v) is 5.13. The average molecular weight is 413 g/mol. The van der Waals surface area contributed by atoms with Gasteiger partial charge in [-0.25, -0.2) is 9.97 Å². The normalized spacial score (nSPS) is 14.6. The summed E-state index contributed by atoms with van der Waals surface area (Å²) in [5.41, 5.74) is 4.64. The maximum Gasteiger partial charge on any atom is 0.137 e. The highest BCUT2D eigenvalue weighted by atomic mass is 79.9. The molecule has 0 unspecified atom stereocenters. The van der Waals surface area contributed by atoms with Gasteiger partial charge in [0.15, 0.2) is 0 Å². The van der Waals surface area contributed by atoms with Crippen LogP contribution in [0.3, 0.4) is 0 Å².